The van der Waals surface area contributed by atoms with Gasteiger partial charge in [0.25, 0.3) is 0 Å². The van der Waals surface area contributed by atoms with Gasteiger partial charge in [0.2, 0.25) is 5.88 Å². The van der Waals surface area contributed by atoms with Crippen molar-refractivity contribution in [1.29, 1.82) is 5.26 Å². The van der Waals surface area contributed by atoms with Gasteiger partial charge < -0.3 is 34.0 Å². The molecule has 53 heavy (non-hydrogen) atoms. The predicted octanol–water partition coefficient (Wildman–Crippen LogP) is 7.96. The number of carbonyl (C=O) groups excluding carboxylic acids is 1. The van der Waals surface area contributed by atoms with Crippen molar-refractivity contribution in [2.75, 3.05) is 43.5 Å². The maximum absolute atomic E-state index is 15.6. The van der Waals surface area contributed by atoms with Crippen LogP contribution in [0.4, 0.5) is 24.7 Å². The summed E-state index contributed by atoms with van der Waals surface area (Å²) in [6.07, 6.45) is 2.11. The van der Waals surface area contributed by atoms with Gasteiger partial charge in [-0.05, 0) is 82.8 Å². The van der Waals surface area contributed by atoms with Crippen LogP contribution in [-0.2, 0) is 22.7 Å². The SMILES string of the molecule is CN1CCC[C@H]1COc1cc(N2C3CCC2CN(C(=O)O)C3)c2c3c(c(-c4ccc(F)c5sc(NC(=O)OC(C)(C)C)c(C#N)c45)c(Cl)c2n1)COC3. The highest BCUT2D eigenvalue weighted by atomic mass is 35.5. The molecule has 8 rings (SSSR count). The zero-order valence-corrected chi connectivity index (χ0v) is 31.5. The number of hydrogen-bond acceptors (Lipinski definition) is 10. The maximum atomic E-state index is 15.6. The number of carbonyl (C=O) groups is 2. The lowest BCUT2D eigenvalue weighted by atomic mass is 9.90. The summed E-state index contributed by atoms with van der Waals surface area (Å²) in [6.45, 7) is 7.89. The van der Waals surface area contributed by atoms with E-state index in [0.29, 0.717) is 52.6 Å². The molecule has 0 saturated carbocycles. The van der Waals surface area contributed by atoms with Crippen LogP contribution in [0.3, 0.4) is 0 Å². The second kappa shape index (κ2) is 13.5. The lowest BCUT2D eigenvalue weighted by Gasteiger charge is -2.42. The van der Waals surface area contributed by atoms with Gasteiger partial charge in [-0.25, -0.2) is 19.0 Å². The van der Waals surface area contributed by atoms with Gasteiger partial charge in [0.1, 0.15) is 29.1 Å². The van der Waals surface area contributed by atoms with Crippen LogP contribution in [0.5, 0.6) is 5.88 Å². The van der Waals surface area contributed by atoms with E-state index in [1.165, 1.54) is 11.0 Å². The third-order valence-corrected chi connectivity index (χ3v) is 12.3. The molecule has 2 aromatic heterocycles. The number of fused-ring (bicyclic) bond motifs is 6. The van der Waals surface area contributed by atoms with Gasteiger partial charge in [-0.3, -0.25) is 5.32 Å². The number of nitrogens with one attached hydrogen (secondary N) is 1. The molecule has 3 fully saturated rings. The van der Waals surface area contributed by atoms with Crippen molar-refractivity contribution in [1.82, 2.24) is 14.8 Å². The number of aromatic nitrogens is 1. The van der Waals surface area contributed by atoms with Gasteiger partial charge in [-0.1, -0.05) is 17.7 Å². The van der Waals surface area contributed by atoms with E-state index < -0.39 is 23.6 Å². The molecule has 12 nitrogen and oxygen atoms in total. The zero-order valence-electron chi connectivity index (χ0n) is 29.9. The van der Waals surface area contributed by atoms with Gasteiger partial charge in [0.15, 0.2) is 0 Å². The molecule has 2 N–H and O–H groups in total. The lowest BCUT2D eigenvalue weighted by Crippen LogP contribution is -2.55. The highest BCUT2D eigenvalue weighted by Crippen LogP contribution is 2.51. The molecular weight excluding hydrogens is 723 g/mol. The van der Waals surface area contributed by atoms with Crippen LogP contribution in [0, 0.1) is 17.1 Å². The smallest absolute Gasteiger partial charge is 0.412 e. The fraction of sp³-hybridized carbons (Fsp3) is 0.474. The second-order valence-corrected chi connectivity index (χ2v) is 16.7. The van der Waals surface area contributed by atoms with Crippen molar-refractivity contribution in [3.63, 3.8) is 0 Å². The number of pyridine rings is 1. The fourth-order valence-corrected chi connectivity index (χ4v) is 9.87. The molecule has 3 atom stereocenters. The van der Waals surface area contributed by atoms with E-state index in [0.717, 1.165) is 65.8 Å². The Hall–Kier alpha value is -4.42. The number of ether oxygens (including phenoxy) is 3. The zero-order chi connectivity index (χ0) is 37.3. The van der Waals surface area contributed by atoms with Crippen molar-refractivity contribution in [2.24, 2.45) is 0 Å². The quantitative estimate of drug-likeness (QED) is 0.199. The number of nitriles is 1. The Labute approximate surface area is 315 Å². The molecule has 4 aromatic rings. The molecule has 6 heterocycles. The first-order chi connectivity index (χ1) is 25.3. The summed E-state index contributed by atoms with van der Waals surface area (Å²) in [7, 11) is 2.09. The number of thiophene rings is 1. The number of rotatable bonds is 6. The third kappa shape index (κ3) is 6.27. The minimum absolute atomic E-state index is 0.0442. The number of anilines is 2. The monoisotopic (exact) mass is 762 g/mol. The molecule has 4 aliphatic heterocycles. The van der Waals surface area contributed by atoms with Crippen LogP contribution in [0.15, 0.2) is 18.2 Å². The first kappa shape index (κ1) is 35.6. The fourth-order valence-electron chi connectivity index (χ4n) is 8.44. The maximum Gasteiger partial charge on any atom is 0.412 e. The average Bonchev–Trinajstić information content (AvgIpc) is 3.88. The first-order valence-corrected chi connectivity index (χ1v) is 19.0. The largest absolute Gasteiger partial charge is 0.476 e. The number of benzene rings is 2. The molecule has 0 aliphatic carbocycles. The van der Waals surface area contributed by atoms with Crippen LogP contribution in [-0.4, -0.2) is 89.1 Å². The topological polar surface area (TPSA) is 140 Å². The second-order valence-electron chi connectivity index (χ2n) is 15.3. The van der Waals surface area contributed by atoms with E-state index in [1.54, 1.807) is 26.8 Å². The number of piperazine rings is 1. The minimum Gasteiger partial charge on any atom is -0.476 e. The van der Waals surface area contributed by atoms with Crippen LogP contribution in [0.2, 0.25) is 5.02 Å². The highest BCUT2D eigenvalue weighted by molar-refractivity contribution is 7.23. The van der Waals surface area contributed by atoms with Crippen molar-refractivity contribution < 1.29 is 33.3 Å². The van der Waals surface area contributed by atoms with Crippen molar-refractivity contribution in [2.45, 2.75) is 83.4 Å². The Kier molecular flexibility index (Phi) is 9.04. The summed E-state index contributed by atoms with van der Waals surface area (Å²) < 4.78 is 33.8. The lowest BCUT2D eigenvalue weighted by molar-refractivity contribution is 0.0636. The summed E-state index contributed by atoms with van der Waals surface area (Å²) in [5.41, 5.74) is 3.42. The van der Waals surface area contributed by atoms with Crippen molar-refractivity contribution >= 4 is 66.8 Å². The molecule has 2 amide bonds. The van der Waals surface area contributed by atoms with Gasteiger partial charge >= 0.3 is 12.2 Å². The molecule has 0 radical (unpaired) electrons. The molecule has 278 valence electrons. The third-order valence-electron chi connectivity index (χ3n) is 10.8. The van der Waals surface area contributed by atoms with Crippen LogP contribution in [0.25, 0.3) is 32.1 Å². The summed E-state index contributed by atoms with van der Waals surface area (Å²) in [4.78, 5) is 36.0. The molecule has 15 heteroatoms. The van der Waals surface area contributed by atoms with Gasteiger partial charge in [-0.2, -0.15) is 5.26 Å². The number of nitrogens with zero attached hydrogens (tertiary/aromatic N) is 5. The van der Waals surface area contributed by atoms with Gasteiger partial charge in [0.05, 0.1) is 39.7 Å². The summed E-state index contributed by atoms with van der Waals surface area (Å²) in [5, 5.41) is 24.6. The van der Waals surface area contributed by atoms with E-state index in [9.17, 15) is 20.0 Å². The predicted molar refractivity (Wildman–Crippen MR) is 201 cm³/mol. The normalized spacial score (nSPS) is 21.3. The number of likely N-dealkylation sites (tertiary alicyclic amines) is 2. The Morgan fingerprint density at radius 3 is 2.57 bits per heavy atom. The molecule has 2 unspecified atom stereocenters. The van der Waals surface area contributed by atoms with E-state index >= 15 is 4.39 Å². The van der Waals surface area contributed by atoms with Crippen LogP contribution >= 0.6 is 22.9 Å². The number of halogens is 2. The van der Waals surface area contributed by atoms with Gasteiger partial charge in [0, 0.05) is 53.6 Å². The minimum atomic E-state index is -0.923. The molecule has 3 saturated heterocycles. The highest BCUT2D eigenvalue weighted by Gasteiger charge is 2.43. The number of hydrogen-bond donors (Lipinski definition) is 2. The van der Waals surface area contributed by atoms with E-state index in [-0.39, 0.29) is 46.6 Å². The molecule has 2 aromatic carbocycles. The number of amides is 2. The summed E-state index contributed by atoms with van der Waals surface area (Å²) in [6, 6.07) is 7.25. The summed E-state index contributed by atoms with van der Waals surface area (Å²) in [5.74, 6) is -0.142. The Balaban J connectivity index is 1.32. The summed E-state index contributed by atoms with van der Waals surface area (Å²) >= 11 is 8.45. The Bertz CT molecular complexity index is 2200. The Morgan fingerprint density at radius 2 is 1.91 bits per heavy atom. The number of carboxylic acid groups (broad SMARTS) is 1. The first-order valence-electron chi connectivity index (χ1n) is 17.8. The van der Waals surface area contributed by atoms with Crippen LogP contribution in [0.1, 0.15) is 63.1 Å². The van der Waals surface area contributed by atoms with Gasteiger partial charge in [-0.15, -0.1) is 11.3 Å². The Morgan fingerprint density at radius 1 is 1.17 bits per heavy atom. The molecule has 0 spiro atoms. The standard InChI is InChI=1S/C38H40ClFN6O6S/c1-38(2,3)52-36(47)43-35-23(13-41)30-22(9-10-26(40)34(30)53-35)29-24-17-50-18-25(24)31-27(46-19-7-8-20(46)15-45(14-19)37(48)49)12-28(42-33(31)32(29)39)51-16-21-6-5-11-44(21)4/h9-10,12,19-21H,5-8,11,14-18H2,1-4H3,(H,43,47)(H,48,49)/t19?,20?,21-/m0/s1. The van der Waals surface area contributed by atoms with E-state index in [2.05, 4.69) is 28.2 Å². The van der Waals surface area contributed by atoms with E-state index in [1.807, 2.05) is 6.07 Å². The van der Waals surface area contributed by atoms with E-state index in [4.69, 9.17) is 30.8 Å². The number of likely N-dealkylation sites (N-methyl/N-ethyl adjacent to an activating group) is 1. The average molecular weight is 763 g/mol. The molecular formula is C38H40ClFN6O6S. The molecule has 4 aliphatic rings. The van der Waals surface area contributed by atoms with Crippen molar-refractivity contribution in [3.05, 3.63) is 45.7 Å². The van der Waals surface area contributed by atoms with Crippen LogP contribution < -0.4 is 15.0 Å². The van der Waals surface area contributed by atoms with Crippen molar-refractivity contribution in [3.8, 4) is 23.1 Å². The molecule has 2 bridgehead atoms.